The molecule has 0 fully saturated rings. The molecular formula is H4K4O4. The van der Waals surface area contributed by atoms with Crippen LogP contribution in [-0.2, 0) is 0 Å². The van der Waals surface area contributed by atoms with E-state index in [4.69, 9.17) is 0 Å². The van der Waals surface area contributed by atoms with Crippen molar-refractivity contribution in [3.63, 3.8) is 0 Å². The Kier molecular flexibility index (Phi) is 398. The molecule has 0 unspecified atom stereocenters. The van der Waals surface area contributed by atoms with Gasteiger partial charge in [0.2, 0.25) is 0 Å². The van der Waals surface area contributed by atoms with Crippen molar-refractivity contribution in [3.05, 3.63) is 0 Å². The molecule has 0 heterocycles. The maximum absolute atomic E-state index is 0. The van der Waals surface area contributed by atoms with Gasteiger partial charge < -0.3 is 21.9 Å². The molecule has 4 N–H and O–H groups in total. The first-order valence-corrected chi connectivity index (χ1v) is 0. The van der Waals surface area contributed by atoms with Crippen molar-refractivity contribution in [2.45, 2.75) is 0 Å². The van der Waals surface area contributed by atoms with E-state index in [-0.39, 0.29) is 227 Å². The van der Waals surface area contributed by atoms with Gasteiger partial charge in [0.25, 0.3) is 0 Å². The molecule has 0 spiro atoms. The van der Waals surface area contributed by atoms with E-state index in [0.717, 1.165) is 0 Å². The van der Waals surface area contributed by atoms with Crippen molar-refractivity contribution in [2.24, 2.45) is 0 Å². The van der Waals surface area contributed by atoms with Crippen LogP contribution in [0.2, 0.25) is 0 Å². The molecule has 0 aliphatic heterocycles. The fourth-order valence-electron chi connectivity index (χ4n) is 0. The fourth-order valence-corrected chi connectivity index (χ4v) is 0. The summed E-state index contributed by atoms with van der Waals surface area (Å²) in [5.41, 5.74) is 0. The zero-order chi connectivity index (χ0) is 0. The summed E-state index contributed by atoms with van der Waals surface area (Å²) in [4.78, 5) is 0. The molecule has 0 bridgehead atoms. The van der Waals surface area contributed by atoms with Crippen LogP contribution in [0.5, 0.6) is 0 Å². The van der Waals surface area contributed by atoms with E-state index in [1.165, 1.54) is 0 Å². The molecule has 0 radical (unpaired) electrons. The monoisotopic (exact) mass is 224 g/mol. The topological polar surface area (TPSA) is 120 Å². The van der Waals surface area contributed by atoms with Crippen LogP contribution in [0.25, 0.3) is 0 Å². The Morgan fingerprint density at radius 3 is 0.250 bits per heavy atom. The normalized spacial score (nSPS) is 0. The first-order valence-electron chi connectivity index (χ1n) is 0. The van der Waals surface area contributed by atoms with E-state index >= 15 is 0 Å². The molecule has 0 aliphatic rings. The third kappa shape index (κ3) is 39.4. The van der Waals surface area contributed by atoms with E-state index in [1.807, 2.05) is 0 Å². The van der Waals surface area contributed by atoms with Gasteiger partial charge in [-0.1, -0.05) is 0 Å². The number of hydrogen-bond acceptors (Lipinski definition) is 4. The van der Waals surface area contributed by atoms with E-state index in [0.29, 0.717) is 0 Å². The summed E-state index contributed by atoms with van der Waals surface area (Å²) in [5, 5.41) is 0. The molecule has 0 saturated carbocycles. The van der Waals surface area contributed by atoms with Crippen molar-refractivity contribution >= 4 is 0 Å². The first kappa shape index (κ1) is 63.2. The van der Waals surface area contributed by atoms with E-state index < -0.39 is 0 Å². The molecule has 8 heavy (non-hydrogen) atoms. The van der Waals surface area contributed by atoms with E-state index in [2.05, 4.69) is 0 Å². The predicted molar refractivity (Wildman–Crippen MR) is 7.74 cm³/mol. The molecule has 0 atom stereocenters. The summed E-state index contributed by atoms with van der Waals surface area (Å²) in [6.45, 7) is 0. The van der Waals surface area contributed by atoms with Crippen LogP contribution in [0.1, 0.15) is 0 Å². The Hall–Kier alpha value is 6.39. The van der Waals surface area contributed by atoms with Crippen molar-refractivity contribution in [1.82, 2.24) is 0 Å². The second kappa shape index (κ2) is 50.4. The van der Waals surface area contributed by atoms with Gasteiger partial charge in [-0.15, -0.1) is 0 Å². The van der Waals surface area contributed by atoms with Crippen molar-refractivity contribution in [2.75, 3.05) is 0 Å². The molecule has 0 aromatic rings. The largest absolute Gasteiger partial charge is 1.00 e. The van der Waals surface area contributed by atoms with Crippen molar-refractivity contribution < 1.29 is 227 Å². The SMILES string of the molecule is [K+].[K+].[K+].[K+].[OH-].[OH-].[OH-].[OH-]. The van der Waals surface area contributed by atoms with Crippen LogP contribution < -0.4 is 206 Å². The molecule has 0 aromatic heterocycles. The van der Waals surface area contributed by atoms with Gasteiger partial charge in [0.15, 0.2) is 0 Å². The van der Waals surface area contributed by atoms with E-state index in [9.17, 15) is 0 Å². The first-order chi connectivity index (χ1) is 0. The molecule has 0 amide bonds. The van der Waals surface area contributed by atoms with Gasteiger partial charge in [-0.25, -0.2) is 0 Å². The third-order valence-corrected chi connectivity index (χ3v) is 0. The zero-order valence-electron chi connectivity index (χ0n) is 5.79. The zero-order valence-corrected chi connectivity index (χ0v) is 18.3. The standard InChI is InChI=1S/4K.4H2O/h;;;;4*1H2/q4*+1;;;;/p-4. The maximum atomic E-state index is 0. The molecule has 0 saturated heterocycles. The van der Waals surface area contributed by atoms with Gasteiger partial charge in [0.05, 0.1) is 0 Å². The van der Waals surface area contributed by atoms with Gasteiger partial charge in [-0.05, 0) is 0 Å². The predicted octanol–water partition coefficient (Wildman–Crippen LogP) is -12.7. The quantitative estimate of drug-likeness (QED) is 0.379. The maximum Gasteiger partial charge on any atom is 1.00 e. The Bertz CT molecular complexity index is 8.00. The fraction of sp³-hybridized carbons (Fsp3) is 0. The summed E-state index contributed by atoms with van der Waals surface area (Å²) in [7, 11) is 0. The van der Waals surface area contributed by atoms with Gasteiger partial charge in [0, 0.05) is 0 Å². The molecule has 0 rings (SSSR count). The second-order valence-corrected chi connectivity index (χ2v) is 0. The Morgan fingerprint density at radius 2 is 0.250 bits per heavy atom. The van der Waals surface area contributed by atoms with Crippen LogP contribution in [0.4, 0.5) is 0 Å². The van der Waals surface area contributed by atoms with Crippen LogP contribution in [0.15, 0.2) is 0 Å². The number of rotatable bonds is 0. The van der Waals surface area contributed by atoms with Gasteiger partial charge in [-0.2, -0.15) is 0 Å². The summed E-state index contributed by atoms with van der Waals surface area (Å²) >= 11 is 0. The van der Waals surface area contributed by atoms with Crippen LogP contribution in [0, 0.1) is 0 Å². The van der Waals surface area contributed by atoms with Crippen LogP contribution >= 0.6 is 0 Å². The molecule has 0 aromatic carbocycles. The summed E-state index contributed by atoms with van der Waals surface area (Å²) in [6, 6.07) is 0. The summed E-state index contributed by atoms with van der Waals surface area (Å²) < 4.78 is 0. The second-order valence-electron chi connectivity index (χ2n) is 0. The summed E-state index contributed by atoms with van der Waals surface area (Å²) in [5.74, 6) is 0. The molecule has 0 aliphatic carbocycles. The number of hydrogen-bond donors (Lipinski definition) is 0. The Balaban J connectivity index is 0. The smallest absolute Gasteiger partial charge is 0.870 e. The molecule has 4 nitrogen and oxygen atoms in total. The molecule has 32 valence electrons. The van der Waals surface area contributed by atoms with Crippen LogP contribution in [-0.4, -0.2) is 21.9 Å². The third-order valence-electron chi connectivity index (χ3n) is 0. The minimum Gasteiger partial charge on any atom is -0.870 e. The van der Waals surface area contributed by atoms with Crippen molar-refractivity contribution in [1.29, 1.82) is 0 Å². The van der Waals surface area contributed by atoms with Crippen LogP contribution in [0.3, 0.4) is 0 Å². The summed E-state index contributed by atoms with van der Waals surface area (Å²) in [6.07, 6.45) is 0. The molecular weight excluding hydrogens is 220 g/mol. The van der Waals surface area contributed by atoms with Gasteiger partial charge in [0.1, 0.15) is 0 Å². The minimum absolute atomic E-state index is 0. The van der Waals surface area contributed by atoms with E-state index in [1.54, 1.807) is 0 Å². The Morgan fingerprint density at radius 1 is 0.250 bits per heavy atom. The van der Waals surface area contributed by atoms with Gasteiger partial charge >= 0.3 is 206 Å². The average molecular weight is 224 g/mol. The Labute approximate surface area is 219 Å². The minimum atomic E-state index is 0. The molecule has 8 heteroatoms. The van der Waals surface area contributed by atoms with Crippen molar-refractivity contribution in [3.8, 4) is 0 Å². The average Bonchev–Trinajstić information content (AvgIpc) is 0. The van der Waals surface area contributed by atoms with Gasteiger partial charge in [-0.3, -0.25) is 0 Å².